The van der Waals surface area contributed by atoms with E-state index in [1.165, 1.54) is 6.42 Å². The quantitative estimate of drug-likeness (QED) is 0.667. The molecule has 0 spiro atoms. The van der Waals surface area contributed by atoms with Gasteiger partial charge in [-0.25, -0.2) is 4.79 Å². The average molecular weight is 215 g/mol. The third kappa shape index (κ3) is 6.33. The molecule has 0 aliphatic heterocycles. The minimum absolute atomic E-state index is 0.309. The Kier molecular flexibility index (Phi) is 8.09. The normalized spacial score (nSPS) is 10.7. The number of rotatable bonds is 8. The van der Waals surface area contributed by atoms with Crippen LogP contribution in [0.1, 0.15) is 33.6 Å². The van der Waals surface area contributed by atoms with Gasteiger partial charge in [0.25, 0.3) is 0 Å². The molecule has 2 N–H and O–H groups in total. The predicted octanol–water partition coefficient (Wildman–Crippen LogP) is 1.51. The van der Waals surface area contributed by atoms with E-state index in [4.69, 9.17) is 5.73 Å². The van der Waals surface area contributed by atoms with Gasteiger partial charge in [0.2, 0.25) is 0 Å². The second-order valence-electron chi connectivity index (χ2n) is 3.71. The Balaban J connectivity index is 3.69. The Bertz CT molecular complexity index is 173. The van der Waals surface area contributed by atoms with Crippen LogP contribution in [-0.4, -0.2) is 48.6 Å². The standard InChI is InChI=1S/C11H25N3O/c1-4-8-13(5-2)9-7-10-14(6-3)11(12)15/h4-10H2,1-3H3,(H2,12,15). The molecule has 4 heteroatoms. The summed E-state index contributed by atoms with van der Waals surface area (Å²) in [6.07, 6.45) is 2.19. The summed E-state index contributed by atoms with van der Waals surface area (Å²) in [6, 6.07) is -0.309. The molecule has 0 heterocycles. The van der Waals surface area contributed by atoms with Gasteiger partial charge in [-0.3, -0.25) is 0 Å². The van der Waals surface area contributed by atoms with E-state index in [1.807, 2.05) is 6.92 Å². The number of carbonyl (C=O) groups is 1. The van der Waals surface area contributed by atoms with Crippen molar-refractivity contribution >= 4 is 6.03 Å². The number of nitrogens with zero attached hydrogens (tertiary/aromatic N) is 2. The maximum Gasteiger partial charge on any atom is 0.314 e. The maximum absolute atomic E-state index is 10.9. The van der Waals surface area contributed by atoms with Crippen molar-refractivity contribution in [3.05, 3.63) is 0 Å². The Labute approximate surface area is 93.4 Å². The number of amides is 2. The SMILES string of the molecule is CCCN(CC)CCCN(CC)C(N)=O. The molecule has 0 atom stereocenters. The maximum atomic E-state index is 10.9. The van der Waals surface area contributed by atoms with Gasteiger partial charge in [-0.05, 0) is 39.4 Å². The lowest BCUT2D eigenvalue weighted by molar-refractivity contribution is 0.203. The van der Waals surface area contributed by atoms with Gasteiger partial charge in [-0.2, -0.15) is 0 Å². The molecule has 4 nitrogen and oxygen atoms in total. The second-order valence-corrected chi connectivity index (χ2v) is 3.71. The van der Waals surface area contributed by atoms with Gasteiger partial charge < -0.3 is 15.5 Å². The molecular weight excluding hydrogens is 190 g/mol. The van der Waals surface area contributed by atoms with Crippen LogP contribution in [0.2, 0.25) is 0 Å². The van der Waals surface area contributed by atoms with E-state index >= 15 is 0 Å². The molecule has 0 aromatic carbocycles. The Morgan fingerprint density at radius 3 is 2.13 bits per heavy atom. The molecule has 0 unspecified atom stereocenters. The predicted molar refractivity (Wildman–Crippen MR) is 63.9 cm³/mol. The Morgan fingerprint density at radius 2 is 1.73 bits per heavy atom. The van der Waals surface area contributed by atoms with Crippen LogP contribution >= 0.6 is 0 Å². The molecule has 0 fully saturated rings. The molecule has 90 valence electrons. The van der Waals surface area contributed by atoms with E-state index < -0.39 is 0 Å². The van der Waals surface area contributed by atoms with Crippen molar-refractivity contribution in [2.75, 3.05) is 32.7 Å². The van der Waals surface area contributed by atoms with E-state index in [-0.39, 0.29) is 6.03 Å². The van der Waals surface area contributed by atoms with Crippen LogP contribution < -0.4 is 5.73 Å². The van der Waals surface area contributed by atoms with E-state index in [1.54, 1.807) is 4.90 Å². The van der Waals surface area contributed by atoms with Crippen molar-refractivity contribution in [2.45, 2.75) is 33.6 Å². The fourth-order valence-electron chi connectivity index (χ4n) is 1.65. The van der Waals surface area contributed by atoms with Crippen LogP contribution in [0.5, 0.6) is 0 Å². The highest BCUT2D eigenvalue weighted by molar-refractivity contribution is 5.71. The third-order valence-corrected chi connectivity index (χ3v) is 2.58. The molecule has 0 saturated carbocycles. The van der Waals surface area contributed by atoms with E-state index in [0.717, 1.165) is 32.6 Å². The fourth-order valence-corrected chi connectivity index (χ4v) is 1.65. The molecule has 0 bridgehead atoms. The molecule has 2 amide bonds. The highest BCUT2D eigenvalue weighted by Gasteiger charge is 2.07. The zero-order chi connectivity index (χ0) is 11.7. The smallest absolute Gasteiger partial charge is 0.314 e. The summed E-state index contributed by atoms with van der Waals surface area (Å²) in [7, 11) is 0. The highest BCUT2D eigenvalue weighted by atomic mass is 16.2. The first kappa shape index (κ1) is 14.2. The molecule has 15 heavy (non-hydrogen) atoms. The van der Waals surface area contributed by atoms with Crippen LogP contribution in [0.4, 0.5) is 4.79 Å². The number of hydrogen-bond donors (Lipinski definition) is 1. The lowest BCUT2D eigenvalue weighted by Crippen LogP contribution is -2.37. The van der Waals surface area contributed by atoms with Crippen molar-refractivity contribution in [1.29, 1.82) is 0 Å². The number of primary amides is 1. The molecule has 0 aliphatic rings. The van der Waals surface area contributed by atoms with Crippen molar-refractivity contribution in [2.24, 2.45) is 5.73 Å². The fraction of sp³-hybridized carbons (Fsp3) is 0.909. The van der Waals surface area contributed by atoms with Gasteiger partial charge in [0.05, 0.1) is 0 Å². The van der Waals surface area contributed by atoms with Gasteiger partial charge in [-0.15, -0.1) is 0 Å². The van der Waals surface area contributed by atoms with Crippen molar-refractivity contribution in [3.63, 3.8) is 0 Å². The highest BCUT2D eigenvalue weighted by Crippen LogP contribution is 1.96. The Hall–Kier alpha value is -0.770. The van der Waals surface area contributed by atoms with Crippen molar-refractivity contribution in [3.8, 4) is 0 Å². The lowest BCUT2D eigenvalue weighted by Gasteiger charge is -2.22. The first-order valence-corrected chi connectivity index (χ1v) is 5.92. The molecular formula is C11H25N3O. The summed E-state index contributed by atoms with van der Waals surface area (Å²) in [5.41, 5.74) is 5.23. The second kappa shape index (κ2) is 8.53. The minimum Gasteiger partial charge on any atom is -0.351 e. The monoisotopic (exact) mass is 215 g/mol. The summed E-state index contributed by atoms with van der Waals surface area (Å²) in [6.45, 7) is 11.0. The van der Waals surface area contributed by atoms with Gasteiger partial charge in [0, 0.05) is 13.1 Å². The topological polar surface area (TPSA) is 49.6 Å². The number of nitrogens with two attached hydrogens (primary N) is 1. The number of carbonyl (C=O) groups excluding carboxylic acids is 1. The van der Waals surface area contributed by atoms with Gasteiger partial charge in [0.1, 0.15) is 0 Å². The van der Waals surface area contributed by atoms with E-state index in [9.17, 15) is 4.79 Å². The van der Waals surface area contributed by atoms with Gasteiger partial charge >= 0.3 is 6.03 Å². The average Bonchev–Trinajstić information content (AvgIpc) is 2.22. The summed E-state index contributed by atoms with van der Waals surface area (Å²) in [4.78, 5) is 15.0. The van der Waals surface area contributed by atoms with E-state index in [2.05, 4.69) is 18.7 Å². The van der Waals surface area contributed by atoms with Crippen molar-refractivity contribution in [1.82, 2.24) is 9.80 Å². The minimum atomic E-state index is -0.309. The zero-order valence-corrected chi connectivity index (χ0v) is 10.3. The van der Waals surface area contributed by atoms with Gasteiger partial charge in [0.15, 0.2) is 0 Å². The third-order valence-electron chi connectivity index (χ3n) is 2.58. The van der Waals surface area contributed by atoms with Crippen LogP contribution in [0.3, 0.4) is 0 Å². The molecule has 0 radical (unpaired) electrons. The molecule has 0 aliphatic carbocycles. The molecule has 0 rings (SSSR count). The largest absolute Gasteiger partial charge is 0.351 e. The van der Waals surface area contributed by atoms with E-state index in [0.29, 0.717) is 6.54 Å². The van der Waals surface area contributed by atoms with Crippen LogP contribution in [0, 0.1) is 0 Å². The molecule has 0 aromatic rings. The lowest BCUT2D eigenvalue weighted by atomic mass is 10.3. The summed E-state index contributed by atoms with van der Waals surface area (Å²) in [5, 5.41) is 0. The van der Waals surface area contributed by atoms with Gasteiger partial charge in [-0.1, -0.05) is 13.8 Å². The zero-order valence-electron chi connectivity index (χ0n) is 10.3. The summed E-state index contributed by atoms with van der Waals surface area (Å²) < 4.78 is 0. The first-order valence-electron chi connectivity index (χ1n) is 5.92. The first-order chi connectivity index (χ1) is 7.15. The summed E-state index contributed by atoms with van der Waals surface area (Å²) >= 11 is 0. The van der Waals surface area contributed by atoms with Crippen LogP contribution in [0.15, 0.2) is 0 Å². The summed E-state index contributed by atoms with van der Waals surface area (Å²) in [5.74, 6) is 0. The number of hydrogen-bond acceptors (Lipinski definition) is 2. The van der Waals surface area contributed by atoms with Crippen LogP contribution in [0.25, 0.3) is 0 Å². The Morgan fingerprint density at radius 1 is 1.07 bits per heavy atom. The molecule has 0 aromatic heterocycles. The van der Waals surface area contributed by atoms with Crippen molar-refractivity contribution < 1.29 is 4.79 Å². The number of urea groups is 1. The van der Waals surface area contributed by atoms with Crippen LogP contribution in [-0.2, 0) is 0 Å². The molecule has 0 saturated heterocycles.